The molecule has 1 aliphatic heterocycles. The van der Waals surface area contributed by atoms with Gasteiger partial charge in [-0.05, 0) is 68.5 Å². The molecule has 0 bridgehead atoms. The molecule has 2 nitrogen and oxygen atoms in total. The average Bonchev–Trinajstić information content (AvgIpc) is 2.92. The molecular formula is C17H25FN2. The van der Waals surface area contributed by atoms with Crippen molar-refractivity contribution < 1.29 is 4.39 Å². The van der Waals surface area contributed by atoms with E-state index in [4.69, 9.17) is 0 Å². The molecule has 0 amide bonds. The van der Waals surface area contributed by atoms with Gasteiger partial charge in [-0.15, -0.1) is 0 Å². The van der Waals surface area contributed by atoms with Gasteiger partial charge in [0.25, 0.3) is 0 Å². The number of piperidine rings is 1. The van der Waals surface area contributed by atoms with Gasteiger partial charge in [-0.1, -0.05) is 12.8 Å². The van der Waals surface area contributed by atoms with Crippen LogP contribution in [0.25, 0.3) is 0 Å². The number of nitrogens with zero attached hydrogens (tertiary/aromatic N) is 1. The van der Waals surface area contributed by atoms with Gasteiger partial charge in [0.1, 0.15) is 5.82 Å². The minimum Gasteiger partial charge on any atom is -0.384 e. The lowest BCUT2D eigenvalue weighted by atomic mass is 9.77. The Balaban J connectivity index is 1.38. The minimum atomic E-state index is -0.173. The molecule has 1 N–H and O–H groups in total. The quantitative estimate of drug-likeness (QED) is 0.897. The van der Waals surface area contributed by atoms with Crippen molar-refractivity contribution in [2.24, 2.45) is 5.41 Å². The van der Waals surface area contributed by atoms with Gasteiger partial charge in [0.2, 0.25) is 0 Å². The van der Waals surface area contributed by atoms with Crippen LogP contribution in [0, 0.1) is 11.2 Å². The van der Waals surface area contributed by atoms with Crippen molar-refractivity contribution in [3.8, 4) is 0 Å². The summed E-state index contributed by atoms with van der Waals surface area (Å²) in [6, 6.07) is 6.62. The fraction of sp³-hybridized carbons (Fsp3) is 0.647. The van der Waals surface area contributed by atoms with Gasteiger partial charge in [0.15, 0.2) is 0 Å². The molecule has 1 aromatic carbocycles. The SMILES string of the molecule is Fc1ccc(NCCN2CCC3(CCCC3)CC2)cc1. The molecule has 110 valence electrons. The molecule has 1 aromatic rings. The monoisotopic (exact) mass is 276 g/mol. The summed E-state index contributed by atoms with van der Waals surface area (Å²) < 4.78 is 12.8. The Morgan fingerprint density at radius 3 is 2.30 bits per heavy atom. The first kappa shape index (κ1) is 13.9. The van der Waals surface area contributed by atoms with Gasteiger partial charge in [0, 0.05) is 18.8 Å². The van der Waals surface area contributed by atoms with Gasteiger partial charge >= 0.3 is 0 Å². The van der Waals surface area contributed by atoms with E-state index >= 15 is 0 Å². The van der Waals surface area contributed by atoms with E-state index < -0.39 is 0 Å². The van der Waals surface area contributed by atoms with Crippen molar-refractivity contribution >= 4 is 5.69 Å². The molecule has 2 aliphatic rings. The molecule has 1 spiro atoms. The summed E-state index contributed by atoms with van der Waals surface area (Å²) in [4.78, 5) is 2.57. The predicted molar refractivity (Wildman–Crippen MR) is 81.5 cm³/mol. The second-order valence-corrected chi connectivity index (χ2v) is 6.48. The summed E-state index contributed by atoms with van der Waals surface area (Å²) in [5, 5.41) is 3.37. The average molecular weight is 276 g/mol. The number of nitrogens with one attached hydrogen (secondary N) is 1. The number of anilines is 1. The maximum atomic E-state index is 12.8. The van der Waals surface area contributed by atoms with E-state index in [0.717, 1.165) is 18.8 Å². The molecule has 2 fully saturated rings. The third-order valence-corrected chi connectivity index (χ3v) is 5.18. The summed E-state index contributed by atoms with van der Waals surface area (Å²) in [7, 11) is 0. The van der Waals surface area contributed by atoms with Crippen molar-refractivity contribution in [3.63, 3.8) is 0 Å². The van der Waals surface area contributed by atoms with Gasteiger partial charge in [-0.3, -0.25) is 0 Å². The molecule has 0 aromatic heterocycles. The largest absolute Gasteiger partial charge is 0.384 e. The first-order valence-electron chi connectivity index (χ1n) is 7.98. The lowest BCUT2D eigenvalue weighted by molar-refractivity contribution is 0.112. The summed E-state index contributed by atoms with van der Waals surface area (Å²) in [6.07, 6.45) is 8.62. The van der Waals surface area contributed by atoms with Crippen LogP contribution in [0.2, 0.25) is 0 Å². The van der Waals surface area contributed by atoms with Crippen molar-refractivity contribution in [3.05, 3.63) is 30.1 Å². The minimum absolute atomic E-state index is 0.173. The Morgan fingerprint density at radius 1 is 1.00 bits per heavy atom. The Hall–Kier alpha value is -1.09. The Bertz CT molecular complexity index is 413. The molecule has 1 heterocycles. The fourth-order valence-electron chi connectivity index (χ4n) is 3.80. The molecule has 0 unspecified atom stereocenters. The molecule has 1 aliphatic carbocycles. The maximum absolute atomic E-state index is 12.8. The number of hydrogen-bond donors (Lipinski definition) is 1. The fourth-order valence-corrected chi connectivity index (χ4v) is 3.80. The van der Waals surface area contributed by atoms with Crippen molar-refractivity contribution in [1.29, 1.82) is 0 Å². The second-order valence-electron chi connectivity index (χ2n) is 6.48. The van der Waals surface area contributed by atoms with E-state index in [1.54, 1.807) is 12.1 Å². The molecule has 3 rings (SSSR count). The van der Waals surface area contributed by atoms with Crippen molar-refractivity contribution in [2.75, 3.05) is 31.5 Å². The molecule has 0 atom stereocenters. The van der Waals surface area contributed by atoms with Gasteiger partial charge in [0.05, 0.1) is 0 Å². The Morgan fingerprint density at radius 2 is 1.65 bits per heavy atom. The predicted octanol–water partition coefficient (Wildman–Crippen LogP) is 3.89. The van der Waals surface area contributed by atoms with Gasteiger partial charge in [-0.25, -0.2) is 4.39 Å². The van der Waals surface area contributed by atoms with Crippen LogP contribution in [0.15, 0.2) is 24.3 Å². The topological polar surface area (TPSA) is 15.3 Å². The highest BCUT2D eigenvalue weighted by Crippen LogP contribution is 2.45. The zero-order valence-corrected chi connectivity index (χ0v) is 12.2. The summed E-state index contributed by atoms with van der Waals surface area (Å²) in [5.74, 6) is -0.173. The van der Waals surface area contributed by atoms with Crippen LogP contribution in [0.5, 0.6) is 0 Å². The molecule has 0 radical (unpaired) electrons. The number of likely N-dealkylation sites (tertiary alicyclic amines) is 1. The highest BCUT2D eigenvalue weighted by Gasteiger charge is 2.36. The van der Waals surface area contributed by atoms with Crippen LogP contribution in [0.1, 0.15) is 38.5 Å². The first-order chi connectivity index (χ1) is 9.76. The Labute approximate surface area is 121 Å². The van der Waals surface area contributed by atoms with Crippen LogP contribution in [-0.2, 0) is 0 Å². The highest BCUT2D eigenvalue weighted by atomic mass is 19.1. The zero-order valence-electron chi connectivity index (χ0n) is 12.2. The maximum Gasteiger partial charge on any atom is 0.123 e. The normalized spacial score (nSPS) is 22.2. The zero-order chi connectivity index (χ0) is 13.8. The van der Waals surface area contributed by atoms with Crippen LogP contribution < -0.4 is 5.32 Å². The highest BCUT2D eigenvalue weighted by molar-refractivity contribution is 5.42. The van der Waals surface area contributed by atoms with E-state index in [9.17, 15) is 4.39 Å². The third kappa shape index (κ3) is 3.32. The number of halogens is 1. The van der Waals surface area contributed by atoms with Gasteiger partial charge in [-0.2, -0.15) is 0 Å². The Kier molecular flexibility index (Phi) is 4.25. The van der Waals surface area contributed by atoms with Gasteiger partial charge < -0.3 is 10.2 Å². The van der Waals surface area contributed by atoms with E-state index in [1.165, 1.54) is 63.7 Å². The van der Waals surface area contributed by atoms with Crippen LogP contribution in [0.3, 0.4) is 0 Å². The third-order valence-electron chi connectivity index (χ3n) is 5.18. The van der Waals surface area contributed by atoms with Crippen LogP contribution >= 0.6 is 0 Å². The molecular weight excluding hydrogens is 251 g/mol. The van der Waals surface area contributed by atoms with E-state index in [2.05, 4.69) is 10.2 Å². The van der Waals surface area contributed by atoms with Crippen LogP contribution in [0.4, 0.5) is 10.1 Å². The first-order valence-corrected chi connectivity index (χ1v) is 7.98. The second kappa shape index (κ2) is 6.13. The van der Waals surface area contributed by atoms with Crippen molar-refractivity contribution in [2.45, 2.75) is 38.5 Å². The molecule has 20 heavy (non-hydrogen) atoms. The summed E-state index contributed by atoms with van der Waals surface area (Å²) in [5.41, 5.74) is 1.72. The van der Waals surface area contributed by atoms with E-state index in [-0.39, 0.29) is 5.82 Å². The van der Waals surface area contributed by atoms with Crippen molar-refractivity contribution in [1.82, 2.24) is 4.90 Å². The summed E-state index contributed by atoms with van der Waals surface area (Å²) >= 11 is 0. The number of rotatable bonds is 4. The molecule has 1 saturated carbocycles. The lowest BCUT2D eigenvalue weighted by Gasteiger charge is -2.39. The smallest absolute Gasteiger partial charge is 0.123 e. The lowest BCUT2D eigenvalue weighted by Crippen LogP contribution is -2.40. The standard InChI is InChI=1S/C17H25FN2/c18-15-3-5-16(6-4-15)19-11-14-20-12-9-17(10-13-20)7-1-2-8-17/h3-6,19H,1-2,7-14H2. The van der Waals surface area contributed by atoms with E-state index in [1.807, 2.05) is 0 Å². The molecule has 1 saturated heterocycles. The number of benzene rings is 1. The summed E-state index contributed by atoms with van der Waals surface area (Å²) in [6.45, 7) is 4.54. The van der Waals surface area contributed by atoms with E-state index in [0.29, 0.717) is 5.41 Å². The number of hydrogen-bond acceptors (Lipinski definition) is 2. The van der Waals surface area contributed by atoms with Crippen LogP contribution in [-0.4, -0.2) is 31.1 Å². The molecule has 3 heteroatoms.